The van der Waals surface area contributed by atoms with Gasteiger partial charge in [-0.05, 0) is 30.9 Å². The lowest BCUT2D eigenvalue weighted by atomic mass is 9.90. The van der Waals surface area contributed by atoms with Gasteiger partial charge in [0.15, 0.2) is 0 Å². The lowest BCUT2D eigenvalue weighted by Gasteiger charge is -2.38. The third kappa shape index (κ3) is 2.57. The van der Waals surface area contributed by atoms with Crippen molar-refractivity contribution in [2.75, 3.05) is 38.3 Å². The second kappa shape index (κ2) is 5.76. The second-order valence-electron chi connectivity index (χ2n) is 6.81. The van der Waals surface area contributed by atoms with Crippen LogP contribution >= 0.6 is 0 Å². The molecule has 1 aromatic carbocycles. The summed E-state index contributed by atoms with van der Waals surface area (Å²) in [7, 11) is -1.35. The highest BCUT2D eigenvalue weighted by atomic mass is 32.2. The monoisotopic (exact) mass is 336 g/mol. The molecule has 4 rings (SSSR count). The zero-order valence-corrected chi connectivity index (χ0v) is 14.3. The number of methoxy groups -OCH3 is 1. The highest BCUT2D eigenvalue weighted by Crippen LogP contribution is 2.45. The number of benzene rings is 1. The Balaban J connectivity index is 1.61. The van der Waals surface area contributed by atoms with Crippen LogP contribution in [-0.2, 0) is 14.8 Å². The molecule has 5 nitrogen and oxygen atoms in total. The summed E-state index contributed by atoms with van der Waals surface area (Å²) in [5.41, 5.74) is 2.55. The minimum atomic E-state index is -3.07. The van der Waals surface area contributed by atoms with Gasteiger partial charge in [0.1, 0.15) is 0 Å². The van der Waals surface area contributed by atoms with Crippen LogP contribution in [0.2, 0.25) is 0 Å². The van der Waals surface area contributed by atoms with Gasteiger partial charge in [-0.2, -0.15) is 0 Å². The topological polar surface area (TPSA) is 49.9 Å². The van der Waals surface area contributed by atoms with Crippen molar-refractivity contribution in [3.63, 3.8) is 0 Å². The number of hydrogen-bond acceptors (Lipinski definition) is 4. The molecule has 1 saturated heterocycles. The first kappa shape index (κ1) is 15.4. The van der Waals surface area contributed by atoms with Gasteiger partial charge in [0.05, 0.1) is 11.9 Å². The smallest absolute Gasteiger partial charge is 0.217 e. The molecule has 6 heteroatoms. The van der Waals surface area contributed by atoms with Gasteiger partial charge in [-0.25, -0.2) is 12.7 Å². The predicted molar refractivity (Wildman–Crippen MR) is 90.3 cm³/mol. The zero-order valence-electron chi connectivity index (χ0n) is 13.5. The molecular formula is C17H24N2O3S. The van der Waals surface area contributed by atoms with E-state index < -0.39 is 10.0 Å². The first-order valence-corrected chi connectivity index (χ1v) is 9.96. The highest BCUT2D eigenvalue weighted by molar-refractivity contribution is 7.90. The molecule has 0 radical (unpaired) electrons. The van der Waals surface area contributed by atoms with Gasteiger partial charge in [-0.3, -0.25) is 0 Å². The highest BCUT2D eigenvalue weighted by Gasteiger charge is 2.47. The molecule has 1 saturated carbocycles. The number of anilines is 1. The average molecular weight is 336 g/mol. The normalized spacial score (nSPS) is 27.8. The first-order valence-electron chi connectivity index (χ1n) is 8.46. The van der Waals surface area contributed by atoms with Crippen molar-refractivity contribution in [3.05, 3.63) is 29.8 Å². The standard InChI is InChI=1S/C17H24N2O3S/c1-22-11-10-19-16-5-3-2-4-14(16)15-12-18(9-8-17(15)19)23(20,21)13-6-7-13/h2-5,13,15,17H,6-12H2,1H3/t15-,17-/m0/s1. The number of piperidine rings is 1. The summed E-state index contributed by atoms with van der Waals surface area (Å²) in [6.07, 6.45) is 2.57. The first-order chi connectivity index (χ1) is 11.1. The van der Waals surface area contributed by atoms with Crippen molar-refractivity contribution in [1.29, 1.82) is 0 Å². The summed E-state index contributed by atoms with van der Waals surface area (Å²) in [4.78, 5) is 2.42. The lowest BCUT2D eigenvalue weighted by molar-refractivity contribution is 0.199. The minimum Gasteiger partial charge on any atom is -0.383 e. The van der Waals surface area contributed by atoms with E-state index in [9.17, 15) is 8.42 Å². The fraction of sp³-hybridized carbons (Fsp3) is 0.647. The quantitative estimate of drug-likeness (QED) is 0.823. The van der Waals surface area contributed by atoms with E-state index in [2.05, 4.69) is 29.2 Å². The van der Waals surface area contributed by atoms with Crippen LogP contribution in [0.4, 0.5) is 5.69 Å². The van der Waals surface area contributed by atoms with E-state index in [4.69, 9.17) is 4.74 Å². The van der Waals surface area contributed by atoms with Gasteiger partial charge >= 0.3 is 0 Å². The van der Waals surface area contributed by atoms with Crippen molar-refractivity contribution in [3.8, 4) is 0 Å². The van der Waals surface area contributed by atoms with Crippen LogP contribution in [0.5, 0.6) is 0 Å². The van der Waals surface area contributed by atoms with E-state index in [1.165, 1.54) is 11.3 Å². The molecule has 0 N–H and O–H groups in total. The Bertz CT molecular complexity index is 687. The van der Waals surface area contributed by atoms with Crippen molar-refractivity contribution < 1.29 is 13.2 Å². The molecule has 126 valence electrons. The second-order valence-corrected chi connectivity index (χ2v) is 9.02. The summed E-state index contributed by atoms with van der Waals surface area (Å²) in [5, 5.41) is -0.111. The van der Waals surface area contributed by atoms with E-state index in [0.29, 0.717) is 25.7 Å². The van der Waals surface area contributed by atoms with Crippen molar-refractivity contribution >= 4 is 15.7 Å². The molecule has 2 heterocycles. The van der Waals surface area contributed by atoms with Crippen LogP contribution in [0.15, 0.2) is 24.3 Å². The lowest BCUT2D eigenvalue weighted by Crippen LogP contribution is -2.49. The van der Waals surface area contributed by atoms with Crippen LogP contribution in [0.25, 0.3) is 0 Å². The molecule has 0 amide bonds. The Morgan fingerprint density at radius 1 is 1.22 bits per heavy atom. The summed E-state index contributed by atoms with van der Waals surface area (Å²) >= 11 is 0. The van der Waals surface area contributed by atoms with Crippen molar-refractivity contribution in [1.82, 2.24) is 4.31 Å². The van der Waals surface area contributed by atoms with Gasteiger partial charge < -0.3 is 9.64 Å². The fourth-order valence-corrected chi connectivity index (χ4v) is 6.00. The predicted octanol–water partition coefficient (Wildman–Crippen LogP) is 1.80. The van der Waals surface area contributed by atoms with Crippen LogP contribution in [-0.4, -0.2) is 57.4 Å². The summed E-state index contributed by atoms with van der Waals surface area (Å²) in [6.45, 7) is 2.84. The maximum absolute atomic E-state index is 12.6. The average Bonchev–Trinajstić information content (AvgIpc) is 3.37. The van der Waals surface area contributed by atoms with E-state index in [-0.39, 0.29) is 11.2 Å². The van der Waals surface area contributed by atoms with E-state index in [0.717, 1.165) is 25.8 Å². The molecule has 1 aliphatic carbocycles. The van der Waals surface area contributed by atoms with Crippen LogP contribution < -0.4 is 4.90 Å². The molecule has 0 aromatic heterocycles. The Hall–Kier alpha value is -1.11. The van der Waals surface area contributed by atoms with Crippen LogP contribution in [0.3, 0.4) is 0 Å². The molecule has 2 atom stereocenters. The molecule has 2 aliphatic heterocycles. The SMILES string of the molecule is COCCN1c2ccccc2[C@@H]2CN(S(=O)(=O)C3CC3)CC[C@@H]21. The minimum absolute atomic E-state index is 0.111. The van der Waals surface area contributed by atoms with Gasteiger partial charge in [-0.15, -0.1) is 0 Å². The third-order valence-corrected chi connectivity index (χ3v) is 7.79. The Kier molecular flexibility index (Phi) is 3.86. The third-order valence-electron chi connectivity index (χ3n) is 5.43. The number of hydrogen-bond donors (Lipinski definition) is 0. The molecule has 1 aromatic rings. The number of nitrogens with zero attached hydrogens (tertiary/aromatic N) is 2. The Labute approximate surface area is 138 Å². The Morgan fingerprint density at radius 3 is 2.74 bits per heavy atom. The van der Waals surface area contributed by atoms with Gasteiger partial charge in [-0.1, -0.05) is 18.2 Å². The molecule has 0 spiro atoms. The maximum atomic E-state index is 12.6. The van der Waals surface area contributed by atoms with E-state index >= 15 is 0 Å². The molecule has 23 heavy (non-hydrogen) atoms. The van der Waals surface area contributed by atoms with Crippen LogP contribution in [0, 0.1) is 0 Å². The maximum Gasteiger partial charge on any atom is 0.217 e. The number of rotatable bonds is 5. The molecule has 2 fully saturated rings. The molecule has 3 aliphatic rings. The molecular weight excluding hydrogens is 312 g/mol. The summed E-state index contributed by atoms with van der Waals surface area (Å²) in [5.74, 6) is 0.283. The fourth-order valence-electron chi connectivity index (χ4n) is 4.11. The summed E-state index contributed by atoms with van der Waals surface area (Å²) in [6, 6.07) is 8.84. The van der Waals surface area contributed by atoms with Crippen molar-refractivity contribution in [2.24, 2.45) is 0 Å². The van der Waals surface area contributed by atoms with E-state index in [1.807, 2.05) is 0 Å². The van der Waals surface area contributed by atoms with Gasteiger partial charge in [0.2, 0.25) is 10.0 Å². The largest absolute Gasteiger partial charge is 0.383 e. The Morgan fingerprint density at radius 2 is 2.00 bits per heavy atom. The number of para-hydroxylation sites is 1. The number of ether oxygens (including phenoxy) is 1. The molecule has 0 unspecified atom stereocenters. The van der Waals surface area contributed by atoms with Gasteiger partial charge in [0.25, 0.3) is 0 Å². The van der Waals surface area contributed by atoms with Crippen molar-refractivity contribution in [2.45, 2.75) is 36.5 Å². The number of fused-ring (bicyclic) bond motifs is 3. The number of sulfonamides is 1. The van der Waals surface area contributed by atoms with E-state index in [1.54, 1.807) is 11.4 Å². The van der Waals surface area contributed by atoms with Crippen LogP contribution in [0.1, 0.15) is 30.7 Å². The zero-order chi connectivity index (χ0) is 16.0. The summed E-state index contributed by atoms with van der Waals surface area (Å²) < 4.78 is 32.2. The molecule has 0 bridgehead atoms. The van der Waals surface area contributed by atoms with Gasteiger partial charge in [0, 0.05) is 44.4 Å².